The van der Waals surface area contributed by atoms with Crippen LogP contribution in [0.25, 0.3) is 11.6 Å². The molecule has 0 saturated carbocycles. The van der Waals surface area contributed by atoms with Crippen LogP contribution < -0.4 is 4.90 Å². The van der Waals surface area contributed by atoms with Gasteiger partial charge in [-0.3, -0.25) is 9.69 Å². The summed E-state index contributed by atoms with van der Waals surface area (Å²) in [6, 6.07) is 24.3. The smallest absolute Gasteiger partial charge is 0.267 e. The molecule has 1 fully saturated rings. The first-order valence-electron chi connectivity index (χ1n) is 12.2. The Hall–Kier alpha value is -3.57. The van der Waals surface area contributed by atoms with E-state index in [9.17, 15) is 4.79 Å². The number of amides is 1. The fourth-order valence-corrected chi connectivity index (χ4v) is 5.71. The molecule has 0 bridgehead atoms. The van der Waals surface area contributed by atoms with Gasteiger partial charge in [0, 0.05) is 18.3 Å². The number of amidine groups is 1. The summed E-state index contributed by atoms with van der Waals surface area (Å²) in [5, 5.41) is 0.703. The molecule has 4 nitrogen and oxygen atoms in total. The Morgan fingerprint density at radius 1 is 0.972 bits per heavy atom. The van der Waals surface area contributed by atoms with Crippen LogP contribution in [0.3, 0.4) is 0 Å². The molecule has 2 aliphatic heterocycles. The average molecular weight is 494 g/mol. The number of rotatable bonds is 4. The van der Waals surface area contributed by atoms with Gasteiger partial charge in [0.05, 0.1) is 22.7 Å². The van der Waals surface area contributed by atoms with Crippen LogP contribution in [-0.2, 0) is 11.3 Å². The van der Waals surface area contributed by atoms with Crippen LogP contribution in [0.5, 0.6) is 0 Å². The Kier molecular flexibility index (Phi) is 6.35. The molecule has 36 heavy (non-hydrogen) atoms. The summed E-state index contributed by atoms with van der Waals surface area (Å²) in [6.45, 7) is 9.23. The lowest BCUT2D eigenvalue weighted by Gasteiger charge is -2.41. The summed E-state index contributed by atoms with van der Waals surface area (Å²) in [5.74, 6) is -0.0128. The number of aliphatic imine (C=N–C) groups is 1. The van der Waals surface area contributed by atoms with Crippen LogP contribution in [0.4, 0.5) is 11.4 Å². The third kappa shape index (κ3) is 4.63. The number of allylic oxidation sites excluding steroid dienone is 1. The third-order valence-electron chi connectivity index (χ3n) is 6.94. The Morgan fingerprint density at radius 3 is 2.33 bits per heavy atom. The largest absolute Gasteiger partial charge is 0.365 e. The minimum Gasteiger partial charge on any atom is -0.365 e. The van der Waals surface area contributed by atoms with Crippen molar-refractivity contribution in [3.63, 3.8) is 0 Å². The zero-order chi connectivity index (χ0) is 25.4. The first kappa shape index (κ1) is 24.1. The summed E-state index contributed by atoms with van der Waals surface area (Å²) in [4.78, 5) is 23.3. The van der Waals surface area contributed by atoms with Crippen LogP contribution in [0.15, 0.2) is 88.8 Å². The van der Waals surface area contributed by atoms with E-state index in [1.165, 1.54) is 28.6 Å². The van der Waals surface area contributed by atoms with Crippen molar-refractivity contribution in [1.29, 1.82) is 0 Å². The molecular weight excluding hydrogens is 462 g/mol. The number of benzene rings is 3. The van der Waals surface area contributed by atoms with Gasteiger partial charge in [-0.05, 0) is 92.1 Å². The van der Waals surface area contributed by atoms with Gasteiger partial charge in [0.15, 0.2) is 5.17 Å². The molecule has 5 rings (SSSR count). The predicted molar refractivity (Wildman–Crippen MR) is 153 cm³/mol. The fourth-order valence-electron chi connectivity index (χ4n) is 4.72. The van der Waals surface area contributed by atoms with Crippen molar-refractivity contribution in [2.75, 3.05) is 11.9 Å². The van der Waals surface area contributed by atoms with Crippen LogP contribution in [0.2, 0.25) is 0 Å². The highest BCUT2D eigenvalue weighted by atomic mass is 32.2. The topological polar surface area (TPSA) is 35.9 Å². The molecule has 0 radical (unpaired) electrons. The molecule has 0 aliphatic carbocycles. The summed E-state index contributed by atoms with van der Waals surface area (Å²) in [5.41, 5.74) is 7.78. The van der Waals surface area contributed by atoms with Gasteiger partial charge in [0.2, 0.25) is 0 Å². The molecule has 2 aliphatic rings. The lowest BCUT2D eigenvalue weighted by atomic mass is 9.87. The minimum atomic E-state index is -0.0402. The van der Waals surface area contributed by atoms with Crippen LogP contribution in [0.1, 0.15) is 43.0 Å². The third-order valence-corrected chi connectivity index (χ3v) is 7.95. The number of hydrogen-bond donors (Lipinski definition) is 0. The van der Waals surface area contributed by atoms with Crippen molar-refractivity contribution >= 4 is 45.9 Å². The summed E-state index contributed by atoms with van der Waals surface area (Å²) >= 11 is 1.45. The van der Waals surface area contributed by atoms with Crippen molar-refractivity contribution in [2.24, 2.45) is 4.99 Å². The van der Waals surface area contributed by atoms with E-state index >= 15 is 0 Å². The molecule has 2 heterocycles. The number of hydrogen-bond acceptors (Lipinski definition) is 4. The summed E-state index contributed by atoms with van der Waals surface area (Å²) in [7, 11) is 2.14. The number of para-hydroxylation sites is 1. The molecular formula is C31H31N3OS. The Bertz CT molecular complexity index is 1400. The second-order valence-electron chi connectivity index (χ2n) is 9.98. The average Bonchev–Trinajstić information content (AvgIpc) is 3.13. The van der Waals surface area contributed by atoms with E-state index in [2.05, 4.69) is 57.9 Å². The number of fused-ring (bicyclic) bond motifs is 1. The SMILES string of the molecule is CC1=CC(C)(C)N(C)c2cc(C)c(/C=C3/SC(=Nc4ccccc4)N(Cc4ccccc4)C3=O)cc21. The number of carbonyl (C=O) groups is 1. The molecule has 0 N–H and O–H groups in total. The lowest BCUT2D eigenvalue weighted by molar-refractivity contribution is -0.122. The maximum atomic E-state index is 13.7. The van der Waals surface area contributed by atoms with Gasteiger partial charge in [-0.25, -0.2) is 4.99 Å². The number of carbonyl (C=O) groups excluding carboxylic acids is 1. The van der Waals surface area contributed by atoms with E-state index in [0.717, 1.165) is 22.4 Å². The Morgan fingerprint density at radius 2 is 1.64 bits per heavy atom. The van der Waals surface area contributed by atoms with Gasteiger partial charge >= 0.3 is 0 Å². The van der Waals surface area contributed by atoms with E-state index < -0.39 is 0 Å². The molecule has 182 valence electrons. The van der Waals surface area contributed by atoms with E-state index in [0.29, 0.717) is 16.6 Å². The molecule has 1 amide bonds. The minimum absolute atomic E-state index is 0.0128. The standard InChI is InChI=1S/C31H31N3OS/c1-21-16-27-26(22(2)19-31(3,4)33(27)5)17-24(21)18-28-29(35)34(20-23-12-8-6-9-13-23)30(36-28)32-25-14-10-7-11-15-25/h6-19H,20H2,1-5H3/b28-18+,32-30?. The highest BCUT2D eigenvalue weighted by Crippen LogP contribution is 2.41. The normalized spacial score (nSPS) is 19.1. The van der Waals surface area contributed by atoms with Crippen molar-refractivity contribution < 1.29 is 4.79 Å². The van der Waals surface area contributed by atoms with Crippen LogP contribution in [0, 0.1) is 6.92 Å². The molecule has 5 heteroatoms. The second-order valence-corrected chi connectivity index (χ2v) is 11.0. The molecule has 1 saturated heterocycles. The van der Waals surface area contributed by atoms with Gasteiger partial charge in [-0.15, -0.1) is 0 Å². The lowest BCUT2D eigenvalue weighted by Crippen LogP contribution is -2.42. The predicted octanol–water partition coefficient (Wildman–Crippen LogP) is 7.43. The first-order valence-corrected chi connectivity index (χ1v) is 13.0. The molecule has 3 aromatic rings. The second kappa shape index (κ2) is 9.47. The number of anilines is 1. The molecule has 3 aromatic carbocycles. The maximum Gasteiger partial charge on any atom is 0.267 e. The summed E-state index contributed by atoms with van der Waals surface area (Å²) < 4.78 is 0. The Labute approximate surface area is 218 Å². The van der Waals surface area contributed by atoms with E-state index in [1.54, 1.807) is 4.90 Å². The zero-order valence-corrected chi connectivity index (χ0v) is 22.3. The molecule has 0 spiro atoms. The fraction of sp³-hybridized carbons (Fsp3) is 0.226. The molecule has 0 unspecified atom stereocenters. The van der Waals surface area contributed by atoms with Crippen LogP contribution in [-0.4, -0.2) is 28.6 Å². The molecule has 0 atom stereocenters. The van der Waals surface area contributed by atoms with Gasteiger partial charge in [0.25, 0.3) is 5.91 Å². The zero-order valence-electron chi connectivity index (χ0n) is 21.4. The Balaban J connectivity index is 1.54. The van der Waals surface area contributed by atoms with E-state index in [1.807, 2.05) is 66.7 Å². The van der Waals surface area contributed by atoms with Gasteiger partial charge in [0.1, 0.15) is 0 Å². The van der Waals surface area contributed by atoms with E-state index in [-0.39, 0.29) is 11.4 Å². The van der Waals surface area contributed by atoms with Gasteiger partial charge in [-0.2, -0.15) is 0 Å². The number of thioether (sulfide) groups is 1. The van der Waals surface area contributed by atoms with Gasteiger partial charge in [-0.1, -0.05) is 54.6 Å². The summed E-state index contributed by atoms with van der Waals surface area (Å²) in [6.07, 6.45) is 4.34. The number of nitrogens with zero attached hydrogens (tertiary/aromatic N) is 3. The highest BCUT2D eigenvalue weighted by Gasteiger charge is 2.34. The van der Waals surface area contributed by atoms with Crippen molar-refractivity contribution in [3.8, 4) is 0 Å². The first-order chi connectivity index (χ1) is 17.2. The monoisotopic (exact) mass is 493 g/mol. The van der Waals surface area contributed by atoms with Crippen LogP contribution >= 0.6 is 11.8 Å². The maximum absolute atomic E-state index is 13.7. The van der Waals surface area contributed by atoms with E-state index in [4.69, 9.17) is 4.99 Å². The number of likely N-dealkylation sites (N-methyl/N-ethyl adjacent to an activating group) is 1. The van der Waals surface area contributed by atoms with Crippen molar-refractivity contribution in [1.82, 2.24) is 4.90 Å². The van der Waals surface area contributed by atoms with Gasteiger partial charge < -0.3 is 4.90 Å². The quantitative estimate of drug-likeness (QED) is 0.355. The van der Waals surface area contributed by atoms with Crippen molar-refractivity contribution in [3.05, 3.63) is 106 Å². The highest BCUT2D eigenvalue weighted by molar-refractivity contribution is 8.18. The van der Waals surface area contributed by atoms with Crippen molar-refractivity contribution in [2.45, 2.75) is 39.8 Å². The number of aryl methyl sites for hydroxylation is 1. The molecule has 0 aromatic heterocycles.